The van der Waals surface area contributed by atoms with Gasteiger partial charge in [-0.15, -0.1) is 0 Å². The number of hydrogen-bond acceptors (Lipinski definition) is 4. The van der Waals surface area contributed by atoms with Gasteiger partial charge in [0, 0.05) is 26.6 Å². The van der Waals surface area contributed by atoms with Gasteiger partial charge in [-0.3, -0.25) is 4.39 Å². The molecular weight excluding hydrogens is 261 g/mol. The lowest BCUT2D eigenvalue weighted by molar-refractivity contribution is 0.199. The molecule has 0 aromatic heterocycles. The van der Waals surface area contributed by atoms with E-state index < -0.39 is 0 Å². The fourth-order valence-corrected chi connectivity index (χ4v) is 1.69. The minimum atomic E-state index is -0.370. The van der Waals surface area contributed by atoms with Gasteiger partial charge < -0.3 is 19.5 Å². The molecule has 1 rings (SSSR count). The van der Waals surface area contributed by atoms with E-state index in [-0.39, 0.29) is 6.67 Å². The monoisotopic (exact) mass is 285 g/mol. The summed E-state index contributed by atoms with van der Waals surface area (Å²) in [5.74, 6) is 1.37. The highest BCUT2D eigenvalue weighted by molar-refractivity contribution is 5.43. The molecule has 1 aromatic carbocycles. The molecule has 0 amide bonds. The number of benzene rings is 1. The second kappa shape index (κ2) is 10.5. The fourth-order valence-electron chi connectivity index (χ4n) is 1.69. The summed E-state index contributed by atoms with van der Waals surface area (Å²) in [7, 11) is 1.68. The fraction of sp³-hybridized carbons (Fsp3) is 0.600. The van der Waals surface area contributed by atoms with Crippen LogP contribution in [0.4, 0.5) is 4.39 Å². The van der Waals surface area contributed by atoms with Crippen LogP contribution in [0.1, 0.15) is 18.9 Å². The molecule has 0 heterocycles. The van der Waals surface area contributed by atoms with Crippen LogP contribution < -0.4 is 14.8 Å². The Morgan fingerprint density at radius 3 is 2.70 bits per heavy atom. The number of rotatable bonds is 11. The summed E-state index contributed by atoms with van der Waals surface area (Å²) in [5, 5.41) is 3.27. The van der Waals surface area contributed by atoms with E-state index in [9.17, 15) is 4.39 Å². The van der Waals surface area contributed by atoms with E-state index >= 15 is 0 Å². The second-order valence-corrected chi connectivity index (χ2v) is 4.27. The normalized spacial score (nSPS) is 10.6. The van der Waals surface area contributed by atoms with E-state index in [0.29, 0.717) is 37.7 Å². The van der Waals surface area contributed by atoms with Crippen LogP contribution >= 0.6 is 0 Å². The summed E-state index contributed by atoms with van der Waals surface area (Å²) in [4.78, 5) is 0. The third kappa shape index (κ3) is 6.21. The van der Waals surface area contributed by atoms with E-state index in [2.05, 4.69) is 5.32 Å². The molecule has 0 aliphatic rings. The second-order valence-electron chi connectivity index (χ2n) is 4.27. The minimum absolute atomic E-state index is 0.363. The van der Waals surface area contributed by atoms with Crippen molar-refractivity contribution >= 4 is 0 Å². The van der Waals surface area contributed by atoms with Crippen molar-refractivity contribution in [2.45, 2.75) is 19.9 Å². The Kier molecular flexibility index (Phi) is 8.74. The van der Waals surface area contributed by atoms with Crippen LogP contribution in [-0.2, 0) is 11.3 Å². The summed E-state index contributed by atoms with van der Waals surface area (Å²) >= 11 is 0. The van der Waals surface area contributed by atoms with E-state index in [1.54, 1.807) is 7.11 Å². The number of nitrogens with one attached hydrogen (secondary N) is 1. The Balaban J connectivity index is 2.58. The van der Waals surface area contributed by atoms with Crippen LogP contribution in [0.25, 0.3) is 0 Å². The maximum atomic E-state index is 12.1. The van der Waals surface area contributed by atoms with Crippen LogP contribution in [0.5, 0.6) is 11.5 Å². The first kappa shape index (κ1) is 16.7. The average Bonchev–Trinajstić information content (AvgIpc) is 2.46. The molecule has 0 bridgehead atoms. The van der Waals surface area contributed by atoms with Crippen molar-refractivity contribution in [3.8, 4) is 11.5 Å². The van der Waals surface area contributed by atoms with E-state index in [0.717, 1.165) is 18.7 Å². The molecule has 0 aliphatic heterocycles. The van der Waals surface area contributed by atoms with Gasteiger partial charge in [-0.1, -0.05) is 6.07 Å². The molecule has 0 fully saturated rings. The molecule has 0 spiro atoms. The highest BCUT2D eigenvalue weighted by Crippen LogP contribution is 2.28. The number of halogens is 1. The molecule has 0 saturated heterocycles. The maximum Gasteiger partial charge on any atom is 0.161 e. The van der Waals surface area contributed by atoms with Gasteiger partial charge in [0.15, 0.2) is 11.5 Å². The zero-order valence-electron chi connectivity index (χ0n) is 12.3. The van der Waals surface area contributed by atoms with Gasteiger partial charge in [0.05, 0.1) is 26.5 Å². The van der Waals surface area contributed by atoms with Crippen molar-refractivity contribution in [1.82, 2.24) is 5.32 Å². The highest BCUT2D eigenvalue weighted by atomic mass is 19.1. The number of methoxy groups -OCH3 is 1. The molecule has 0 saturated carbocycles. The average molecular weight is 285 g/mol. The van der Waals surface area contributed by atoms with Crippen molar-refractivity contribution < 1.29 is 18.6 Å². The quantitative estimate of drug-likeness (QED) is 0.634. The minimum Gasteiger partial charge on any atom is -0.490 e. The topological polar surface area (TPSA) is 39.7 Å². The van der Waals surface area contributed by atoms with E-state index in [4.69, 9.17) is 14.2 Å². The number of ether oxygens (including phenoxy) is 3. The highest BCUT2D eigenvalue weighted by Gasteiger charge is 2.06. The molecular formula is C15H24FNO3. The standard InChI is InChI=1S/C15H24FNO3/c1-3-19-15-11-13(12-17-8-10-18-2)5-6-14(15)20-9-4-7-16/h5-6,11,17H,3-4,7-10,12H2,1-2H3. The molecule has 0 radical (unpaired) electrons. The predicted octanol–water partition coefficient (Wildman–Crippen LogP) is 2.56. The predicted molar refractivity (Wildman–Crippen MR) is 77.3 cm³/mol. The molecule has 1 N–H and O–H groups in total. The summed E-state index contributed by atoms with van der Waals surface area (Å²) in [6.07, 6.45) is 0.395. The largest absolute Gasteiger partial charge is 0.490 e. The third-order valence-corrected chi connectivity index (χ3v) is 2.66. The van der Waals surface area contributed by atoms with Gasteiger partial charge in [-0.05, 0) is 24.6 Å². The number of alkyl halides is 1. The lowest BCUT2D eigenvalue weighted by Gasteiger charge is -2.13. The summed E-state index contributed by atoms with van der Waals surface area (Å²) in [6, 6.07) is 5.80. The van der Waals surface area contributed by atoms with Gasteiger partial charge >= 0.3 is 0 Å². The third-order valence-electron chi connectivity index (χ3n) is 2.66. The van der Waals surface area contributed by atoms with Crippen molar-refractivity contribution in [1.29, 1.82) is 0 Å². The summed E-state index contributed by atoms with van der Waals surface area (Å²) in [5.41, 5.74) is 1.11. The molecule has 20 heavy (non-hydrogen) atoms. The molecule has 0 unspecified atom stereocenters. The lowest BCUT2D eigenvalue weighted by Crippen LogP contribution is -2.18. The first-order valence-electron chi connectivity index (χ1n) is 6.96. The Bertz CT molecular complexity index is 374. The molecule has 0 aliphatic carbocycles. The van der Waals surface area contributed by atoms with Crippen LogP contribution in [0.15, 0.2) is 18.2 Å². The van der Waals surface area contributed by atoms with Crippen molar-refractivity contribution in [2.75, 3.05) is 40.1 Å². The Morgan fingerprint density at radius 2 is 2.00 bits per heavy atom. The van der Waals surface area contributed by atoms with E-state index in [1.807, 2.05) is 25.1 Å². The lowest BCUT2D eigenvalue weighted by atomic mass is 10.2. The van der Waals surface area contributed by atoms with Crippen LogP contribution in [0.3, 0.4) is 0 Å². The van der Waals surface area contributed by atoms with Gasteiger partial charge in [-0.25, -0.2) is 0 Å². The summed E-state index contributed by atoms with van der Waals surface area (Å²) in [6.45, 7) is 4.72. The molecule has 4 nitrogen and oxygen atoms in total. The van der Waals surface area contributed by atoms with Crippen molar-refractivity contribution in [3.63, 3.8) is 0 Å². The molecule has 114 valence electrons. The Labute approximate surface area is 120 Å². The van der Waals surface area contributed by atoms with Gasteiger partial charge in [0.2, 0.25) is 0 Å². The molecule has 0 atom stereocenters. The Hall–Kier alpha value is -1.33. The zero-order valence-corrected chi connectivity index (χ0v) is 12.3. The van der Waals surface area contributed by atoms with Crippen molar-refractivity contribution in [3.05, 3.63) is 23.8 Å². The Morgan fingerprint density at radius 1 is 1.15 bits per heavy atom. The first-order valence-corrected chi connectivity index (χ1v) is 6.96. The number of hydrogen-bond donors (Lipinski definition) is 1. The van der Waals surface area contributed by atoms with Crippen LogP contribution in [-0.4, -0.2) is 40.1 Å². The first-order chi connectivity index (χ1) is 9.81. The smallest absolute Gasteiger partial charge is 0.161 e. The van der Waals surface area contributed by atoms with Crippen LogP contribution in [0.2, 0.25) is 0 Å². The van der Waals surface area contributed by atoms with Gasteiger partial charge in [0.25, 0.3) is 0 Å². The summed E-state index contributed by atoms with van der Waals surface area (Å²) < 4.78 is 28.1. The van der Waals surface area contributed by atoms with E-state index in [1.165, 1.54) is 0 Å². The zero-order chi connectivity index (χ0) is 14.6. The SMILES string of the molecule is CCOc1cc(CNCCOC)ccc1OCCCF. The van der Waals surface area contributed by atoms with Gasteiger partial charge in [-0.2, -0.15) is 0 Å². The van der Waals surface area contributed by atoms with Crippen LogP contribution in [0, 0.1) is 0 Å². The van der Waals surface area contributed by atoms with Gasteiger partial charge in [0.1, 0.15) is 0 Å². The molecule has 5 heteroatoms. The van der Waals surface area contributed by atoms with Crippen molar-refractivity contribution in [2.24, 2.45) is 0 Å². The maximum absolute atomic E-state index is 12.1. The molecule has 1 aromatic rings.